The third kappa shape index (κ3) is 3.79. The van der Waals surface area contributed by atoms with Crippen molar-refractivity contribution in [3.63, 3.8) is 0 Å². The molecule has 0 bridgehead atoms. The second-order valence-electron chi connectivity index (χ2n) is 8.92. The Morgan fingerprint density at radius 1 is 1.19 bits per heavy atom. The molecule has 31 heavy (non-hydrogen) atoms. The maximum absolute atomic E-state index is 13.9. The van der Waals surface area contributed by atoms with Crippen molar-refractivity contribution in [3.8, 4) is 5.75 Å². The summed E-state index contributed by atoms with van der Waals surface area (Å²) in [5.41, 5.74) is 2.07. The molecule has 1 saturated carbocycles. The fourth-order valence-electron chi connectivity index (χ4n) is 4.44. The summed E-state index contributed by atoms with van der Waals surface area (Å²) in [5, 5.41) is 5.09. The van der Waals surface area contributed by atoms with Crippen LogP contribution in [0.25, 0.3) is 10.8 Å². The first-order valence-electron chi connectivity index (χ1n) is 10.9. The molecule has 1 heterocycles. The van der Waals surface area contributed by atoms with Crippen LogP contribution >= 0.6 is 0 Å². The second-order valence-corrected chi connectivity index (χ2v) is 8.92. The Morgan fingerprint density at radius 2 is 2.03 bits per heavy atom. The van der Waals surface area contributed by atoms with E-state index in [1.165, 1.54) is 6.07 Å². The Kier molecular flexibility index (Phi) is 4.94. The van der Waals surface area contributed by atoms with Gasteiger partial charge in [0.25, 0.3) is 5.91 Å². The van der Waals surface area contributed by atoms with E-state index in [9.17, 15) is 9.18 Å². The second kappa shape index (κ2) is 7.65. The SMILES string of the molecule is Cc1ccc(OCC2CCN2C)cc1C(=O)NC1(c2cccc3ccc(F)cc23)CC1. The number of hydrogen-bond acceptors (Lipinski definition) is 3. The molecular weight excluding hydrogens is 391 g/mol. The first kappa shape index (κ1) is 20.0. The number of nitrogens with zero attached hydrogens (tertiary/aromatic N) is 1. The summed E-state index contributed by atoms with van der Waals surface area (Å²) in [4.78, 5) is 15.5. The summed E-state index contributed by atoms with van der Waals surface area (Å²) in [6, 6.07) is 16.9. The molecular formula is C26H27FN2O2. The fraction of sp³-hybridized carbons (Fsp3) is 0.346. The molecule has 2 fully saturated rings. The molecule has 1 saturated heterocycles. The van der Waals surface area contributed by atoms with Gasteiger partial charge in [-0.05, 0) is 85.9 Å². The summed E-state index contributed by atoms with van der Waals surface area (Å²) in [5.74, 6) is 0.336. The van der Waals surface area contributed by atoms with Crippen LogP contribution in [0.1, 0.15) is 40.7 Å². The van der Waals surface area contributed by atoms with Crippen molar-refractivity contribution in [2.24, 2.45) is 0 Å². The number of carbonyl (C=O) groups is 1. The average molecular weight is 419 g/mol. The Hall–Kier alpha value is -2.92. The van der Waals surface area contributed by atoms with Crippen LogP contribution in [0.2, 0.25) is 0 Å². The van der Waals surface area contributed by atoms with E-state index in [4.69, 9.17) is 4.74 Å². The van der Waals surface area contributed by atoms with Gasteiger partial charge in [-0.25, -0.2) is 4.39 Å². The highest BCUT2D eigenvalue weighted by molar-refractivity contribution is 5.97. The normalized spacial score (nSPS) is 19.6. The summed E-state index contributed by atoms with van der Waals surface area (Å²) in [6.07, 6.45) is 2.83. The van der Waals surface area contributed by atoms with E-state index < -0.39 is 5.54 Å². The molecule has 0 radical (unpaired) electrons. The summed E-state index contributed by atoms with van der Waals surface area (Å²) in [6.45, 7) is 3.67. The van der Waals surface area contributed by atoms with Crippen LogP contribution in [0.5, 0.6) is 5.75 Å². The Morgan fingerprint density at radius 3 is 2.74 bits per heavy atom. The zero-order valence-corrected chi connectivity index (χ0v) is 18.0. The number of ether oxygens (including phenoxy) is 1. The first-order chi connectivity index (χ1) is 14.9. The molecule has 3 aromatic carbocycles. The molecule has 5 rings (SSSR count). The number of carbonyl (C=O) groups excluding carboxylic acids is 1. The molecule has 0 aromatic heterocycles. The van der Waals surface area contributed by atoms with E-state index in [1.54, 1.807) is 12.1 Å². The minimum absolute atomic E-state index is 0.116. The van der Waals surface area contributed by atoms with Crippen LogP contribution in [0.3, 0.4) is 0 Å². The van der Waals surface area contributed by atoms with Gasteiger partial charge in [0.15, 0.2) is 0 Å². The van der Waals surface area contributed by atoms with Crippen LogP contribution in [0.15, 0.2) is 54.6 Å². The van der Waals surface area contributed by atoms with Gasteiger partial charge in [0.05, 0.1) is 5.54 Å². The summed E-state index contributed by atoms with van der Waals surface area (Å²) in [7, 11) is 2.10. The maximum Gasteiger partial charge on any atom is 0.252 e. The highest BCUT2D eigenvalue weighted by Crippen LogP contribution is 2.48. The predicted molar refractivity (Wildman–Crippen MR) is 120 cm³/mol. The zero-order valence-electron chi connectivity index (χ0n) is 18.0. The number of likely N-dealkylation sites (N-methyl/N-ethyl adjacent to an activating group) is 1. The number of hydrogen-bond donors (Lipinski definition) is 1. The van der Waals surface area contributed by atoms with Gasteiger partial charge in [0.1, 0.15) is 18.2 Å². The molecule has 160 valence electrons. The molecule has 3 aromatic rings. The van der Waals surface area contributed by atoms with Crippen LogP contribution < -0.4 is 10.1 Å². The lowest BCUT2D eigenvalue weighted by Crippen LogP contribution is -2.48. The summed E-state index contributed by atoms with van der Waals surface area (Å²) < 4.78 is 19.9. The smallest absolute Gasteiger partial charge is 0.252 e. The standard InChI is InChI=1S/C26H27FN2O2/c1-17-6-9-21(31-16-20-10-13-29(20)2)15-22(17)25(30)28-26(11-12-26)24-5-3-4-18-7-8-19(27)14-23(18)24/h3-9,14-15,20H,10-13,16H2,1-2H3,(H,28,30). The molecule has 1 aliphatic carbocycles. The number of aryl methyl sites for hydroxylation is 1. The average Bonchev–Trinajstić information content (AvgIpc) is 3.53. The van der Waals surface area contributed by atoms with Gasteiger partial charge in [-0.2, -0.15) is 0 Å². The monoisotopic (exact) mass is 418 g/mol. The third-order valence-electron chi connectivity index (χ3n) is 6.80. The van der Waals surface area contributed by atoms with E-state index in [1.807, 2.05) is 43.3 Å². The predicted octanol–water partition coefficient (Wildman–Crippen LogP) is 4.79. The number of likely N-dealkylation sites (tertiary alicyclic amines) is 1. The van der Waals surface area contributed by atoms with Crippen molar-refractivity contribution < 1.29 is 13.9 Å². The molecule has 5 heteroatoms. The number of nitrogens with one attached hydrogen (secondary N) is 1. The van der Waals surface area contributed by atoms with Crippen molar-refractivity contribution in [3.05, 3.63) is 77.1 Å². The van der Waals surface area contributed by atoms with Gasteiger partial charge in [0, 0.05) is 11.6 Å². The molecule has 1 N–H and O–H groups in total. The van der Waals surface area contributed by atoms with Gasteiger partial charge >= 0.3 is 0 Å². The third-order valence-corrected chi connectivity index (χ3v) is 6.80. The highest BCUT2D eigenvalue weighted by Gasteiger charge is 2.46. The van der Waals surface area contributed by atoms with Gasteiger partial charge in [-0.15, -0.1) is 0 Å². The maximum atomic E-state index is 13.9. The topological polar surface area (TPSA) is 41.6 Å². The Balaban J connectivity index is 1.38. The van der Waals surface area contributed by atoms with Crippen molar-refractivity contribution in [1.82, 2.24) is 10.2 Å². The van der Waals surface area contributed by atoms with Crippen molar-refractivity contribution in [1.29, 1.82) is 0 Å². The zero-order chi connectivity index (χ0) is 21.6. The number of amides is 1. The number of fused-ring (bicyclic) bond motifs is 1. The summed E-state index contributed by atoms with van der Waals surface area (Å²) >= 11 is 0. The lowest BCUT2D eigenvalue weighted by molar-refractivity contribution is 0.0767. The van der Waals surface area contributed by atoms with Crippen LogP contribution in [-0.2, 0) is 5.54 Å². The number of halogens is 1. The molecule has 2 aliphatic rings. The van der Waals surface area contributed by atoms with Crippen LogP contribution in [-0.4, -0.2) is 37.0 Å². The highest BCUT2D eigenvalue weighted by atomic mass is 19.1. The fourth-order valence-corrected chi connectivity index (χ4v) is 4.44. The molecule has 1 aliphatic heterocycles. The Bertz CT molecular complexity index is 1160. The van der Waals surface area contributed by atoms with Crippen LogP contribution in [0, 0.1) is 12.7 Å². The van der Waals surface area contributed by atoms with Gasteiger partial charge in [-0.3, -0.25) is 9.69 Å². The van der Waals surface area contributed by atoms with Gasteiger partial charge in [0.2, 0.25) is 0 Å². The molecule has 1 amide bonds. The van der Waals surface area contributed by atoms with E-state index >= 15 is 0 Å². The van der Waals surface area contributed by atoms with Crippen molar-refractivity contribution in [2.75, 3.05) is 20.2 Å². The number of rotatable bonds is 6. The van der Waals surface area contributed by atoms with Gasteiger partial charge in [-0.1, -0.05) is 30.3 Å². The minimum Gasteiger partial charge on any atom is -0.492 e. The molecule has 0 spiro atoms. The Labute approximate surface area is 182 Å². The van der Waals surface area contributed by atoms with E-state index in [2.05, 4.69) is 17.3 Å². The van der Waals surface area contributed by atoms with E-state index in [0.29, 0.717) is 24.0 Å². The lowest BCUT2D eigenvalue weighted by atomic mass is 9.96. The molecule has 1 unspecified atom stereocenters. The first-order valence-corrected chi connectivity index (χ1v) is 10.9. The largest absolute Gasteiger partial charge is 0.492 e. The van der Waals surface area contributed by atoms with Crippen molar-refractivity contribution in [2.45, 2.75) is 37.8 Å². The number of benzene rings is 3. The minimum atomic E-state index is -0.442. The lowest BCUT2D eigenvalue weighted by Gasteiger charge is -2.37. The van der Waals surface area contributed by atoms with Crippen molar-refractivity contribution >= 4 is 16.7 Å². The molecule has 1 atom stereocenters. The van der Waals surface area contributed by atoms with E-state index in [-0.39, 0.29) is 11.7 Å². The van der Waals surface area contributed by atoms with E-state index in [0.717, 1.165) is 47.7 Å². The van der Waals surface area contributed by atoms with Gasteiger partial charge < -0.3 is 10.1 Å². The molecule has 4 nitrogen and oxygen atoms in total. The van der Waals surface area contributed by atoms with Crippen LogP contribution in [0.4, 0.5) is 4.39 Å². The quantitative estimate of drug-likeness (QED) is 0.626.